The summed E-state index contributed by atoms with van der Waals surface area (Å²) >= 11 is 1.01. The van der Waals surface area contributed by atoms with E-state index in [1.807, 2.05) is 37.3 Å². The molecular formula is C18H18N2O5S. The van der Waals surface area contributed by atoms with Crippen LogP contribution in [0.15, 0.2) is 59.5 Å². The number of non-ortho nitro benzene ring substituents is 1. The van der Waals surface area contributed by atoms with Crippen molar-refractivity contribution in [3.63, 3.8) is 0 Å². The Labute approximate surface area is 154 Å². The Bertz CT molecular complexity index is 780. The lowest BCUT2D eigenvalue weighted by Gasteiger charge is -2.20. The highest BCUT2D eigenvalue weighted by Gasteiger charge is 2.25. The van der Waals surface area contributed by atoms with Gasteiger partial charge in [-0.15, -0.1) is 0 Å². The number of thioether (sulfide) groups is 1. The number of ether oxygens (including phenoxy) is 1. The zero-order valence-corrected chi connectivity index (χ0v) is 15.1. The molecule has 0 aromatic heterocycles. The number of carbonyl (C=O) groups is 2. The Morgan fingerprint density at radius 1 is 1.12 bits per heavy atom. The molecule has 0 unspecified atom stereocenters. The van der Waals surface area contributed by atoms with Crippen molar-refractivity contribution in [3.8, 4) is 0 Å². The Hall–Kier alpha value is -2.87. The molecule has 0 aliphatic carbocycles. The Kier molecular flexibility index (Phi) is 6.74. The van der Waals surface area contributed by atoms with Crippen molar-refractivity contribution in [2.45, 2.75) is 30.2 Å². The van der Waals surface area contributed by atoms with Gasteiger partial charge in [0.2, 0.25) is 5.44 Å². The second-order valence-electron chi connectivity index (χ2n) is 5.45. The highest BCUT2D eigenvalue weighted by molar-refractivity contribution is 8.00. The van der Waals surface area contributed by atoms with E-state index in [-0.39, 0.29) is 11.7 Å². The second kappa shape index (κ2) is 9.00. The Balaban J connectivity index is 2.09. The first kappa shape index (κ1) is 19.5. The molecule has 2 aromatic carbocycles. The average molecular weight is 374 g/mol. The fourth-order valence-corrected chi connectivity index (χ4v) is 3.06. The van der Waals surface area contributed by atoms with Crippen LogP contribution in [0.5, 0.6) is 0 Å². The van der Waals surface area contributed by atoms with E-state index in [4.69, 9.17) is 4.74 Å². The maximum atomic E-state index is 12.5. The zero-order valence-electron chi connectivity index (χ0n) is 14.2. The number of hydrogen-bond acceptors (Lipinski definition) is 6. The molecule has 0 radical (unpaired) electrons. The predicted molar refractivity (Wildman–Crippen MR) is 97.5 cm³/mol. The van der Waals surface area contributed by atoms with Crippen molar-refractivity contribution >= 4 is 29.3 Å². The van der Waals surface area contributed by atoms with Gasteiger partial charge in [0.1, 0.15) is 0 Å². The third kappa shape index (κ3) is 5.59. The largest absolute Gasteiger partial charge is 0.441 e. The van der Waals surface area contributed by atoms with Crippen LogP contribution in [-0.4, -0.2) is 22.2 Å². The second-order valence-corrected chi connectivity index (χ2v) is 6.59. The SMILES string of the molecule is CC(=O)O[C@H](Sc1ccc([N+](=O)[O-])cc1)C(=O)N[C@@H](C)c1ccccc1. The quantitative estimate of drug-likeness (QED) is 0.262. The van der Waals surface area contributed by atoms with E-state index in [2.05, 4.69) is 5.32 Å². The lowest BCUT2D eigenvalue weighted by atomic mass is 10.1. The number of carbonyl (C=O) groups excluding carboxylic acids is 2. The average Bonchev–Trinajstić information content (AvgIpc) is 2.62. The molecule has 0 spiro atoms. The van der Waals surface area contributed by atoms with Crippen molar-refractivity contribution in [2.24, 2.45) is 0 Å². The molecular weight excluding hydrogens is 356 g/mol. The van der Waals surface area contributed by atoms with Gasteiger partial charge in [-0.25, -0.2) is 0 Å². The van der Waals surface area contributed by atoms with Crippen molar-refractivity contribution < 1.29 is 19.2 Å². The van der Waals surface area contributed by atoms with Gasteiger partial charge >= 0.3 is 5.97 Å². The van der Waals surface area contributed by atoms with E-state index in [9.17, 15) is 19.7 Å². The Morgan fingerprint density at radius 2 is 1.73 bits per heavy atom. The highest BCUT2D eigenvalue weighted by atomic mass is 32.2. The van der Waals surface area contributed by atoms with E-state index in [1.54, 1.807) is 0 Å². The van der Waals surface area contributed by atoms with Gasteiger partial charge < -0.3 is 10.1 Å². The molecule has 0 fully saturated rings. The molecule has 0 saturated carbocycles. The summed E-state index contributed by atoms with van der Waals surface area (Å²) in [6.07, 6.45) is 0. The molecule has 2 atom stereocenters. The maximum absolute atomic E-state index is 12.5. The molecule has 0 aliphatic heterocycles. The number of esters is 1. The first-order valence-electron chi connectivity index (χ1n) is 7.80. The van der Waals surface area contributed by atoms with Crippen LogP contribution >= 0.6 is 11.8 Å². The molecule has 0 bridgehead atoms. The van der Waals surface area contributed by atoms with E-state index >= 15 is 0 Å². The fourth-order valence-electron chi connectivity index (χ4n) is 2.16. The molecule has 1 N–H and O–H groups in total. The van der Waals surface area contributed by atoms with E-state index in [0.717, 1.165) is 17.3 Å². The van der Waals surface area contributed by atoms with Crippen LogP contribution in [0.1, 0.15) is 25.5 Å². The molecule has 7 nitrogen and oxygen atoms in total. The predicted octanol–water partition coefficient (Wildman–Crippen LogP) is 3.45. The summed E-state index contributed by atoms with van der Waals surface area (Å²) in [4.78, 5) is 34.6. The topological polar surface area (TPSA) is 98.5 Å². The lowest BCUT2D eigenvalue weighted by molar-refractivity contribution is -0.384. The standard InChI is InChI=1S/C18H18N2O5S/c1-12(14-6-4-3-5-7-14)19-17(22)18(25-13(2)21)26-16-10-8-15(9-11-16)20(23)24/h3-12,18H,1-2H3,(H,19,22)/t12-,18+/m0/s1. The smallest absolute Gasteiger partial charge is 0.304 e. The number of benzene rings is 2. The van der Waals surface area contributed by atoms with Crippen LogP contribution in [0.2, 0.25) is 0 Å². The molecule has 26 heavy (non-hydrogen) atoms. The monoisotopic (exact) mass is 374 g/mol. The van der Waals surface area contributed by atoms with Gasteiger partial charge in [0.15, 0.2) is 0 Å². The molecule has 2 rings (SSSR count). The van der Waals surface area contributed by atoms with Crippen molar-refractivity contribution in [2.75, 3.05) is 0 Å². The summed E-state index contributed by atoms with van der Waals surface area (Å²) in [5.74, 6) is -1.05. The molecule has 0 saturated heterocycles. The third-order valence-corrected chi connectivity index (χ3v) is 4.50. The van der Waals surface area contributed by atoms with Gasteiger partial charge in [-0.05, 0) is 24.6 Å². The van der Waals surface area contributed by atoms with E-state index in [1.165, 1.54) is 31.2 Å². The van der Waals surface area contributed by atoms with Crippen LogP contribution in [0.25, 0.3) is 0 Å². The van der Waals surface area contributed by atoms with Crippen LogP contribution in [-0.2, 0) is 14.3 Å². The summed E-state index contributed by atoms with van der Waals surface area (Å²) in [6.45, 7) is 3.05. The van der Waals surface area contributed by atoms with E-state index < -0.39 is 22.2 Å². The number of nitro groups is 1. The number of nitrogens with one attached hydrogen (secondary N) is 1. The molecule has 2 aromatic rings. The van der Waals surface area contributed by atoms with Gasteiger partial charge in [0.05, 0.1) is 11.0 Å². The van der Waals surface area contributed by atoms with Crippen LogP contribution in [0.4, 0.5) is 5.69 Å². The summed E-state index contributed by atoms with van der Waals surface area (Å²) in [6, 6.07) is 14.8. The number of amides is 1. The first-order chi connectivity index (χ1) is 12.4. The molecule has 136 valence electrons. The minimum absolute atomic E-state index is 0.0551. The van der Waals surface area contributed by atoms with Crippen molar-refractivity contribution in [1.29, 1.82) is 0 Å². The highest BCUT2D eigenvalue weighted by Crippen LogP contribution is 2.27. The van der Waals surface area contributed by atoms with Gasteiger partial charge in [0.25, 0.3) is 11.6 Å². The first-order valence-corrected chi connectivity index (χ1v) is 8.68. The number of nitro benzene ring substituents is 1. The van der Waals surface area contributed by atoms with Gasteiger partial charge in [-0.1, -0.05) is 42.1 Å². The summed E-state index contributed by atoms with van der Waals surface area (Å²) < 4.78 is 5.11. The van der Waals surface area contributed by atoms with Crippen LogP contribution < -0.4 is 5.32 Å². The molecule has 8 heteroatoms. The summed E-state index contributed by atoms with van der Waals surface area (Å²) in [7, 11) is 0. The minimum atomic E-state index is -1.10. The minimum Gasteiger partial charge on any atom is -0.441 e. The number of nitrogens with zero attached hydrogens (tertiary/aromatic N) is 1. The van der Waals surface area contributed by atoms with Gasteiger partial charge in [-0.3, -0.25) is 19.7 Å². The summed E-state index contributed by atoms with van der Waals surface area (Å²) in [5.41, 5.74) is -0.233. The summed E-state index contributed by atoms with van der Waals surface area (Å²) in [5, 5.41) is 13.5. The molecule has 0 heterocycles. The van der Waals surface area contributed by atoms with Crippen molar-refractivity contribution in [3.05, 3.63) is 70.3 Å². The normalized spacial score (nSPS) is 12.7. The van der Waals surface area contributed by atoms with Gasteiger partial charge in [-0.2, -0.15) is 0 Å². The Morgan fingerprint density at radius 3 is 2.27 bits per heavy atom. The zero-order chi connectivity index (χ0) is 19.1. The van der Waals surface area contributed by atoms with E-state index in [0.29, 0.717) is 4.90 Å². The van der Waals surface area contributed by atoms with Crippen LogP contribution in [0, 0.1) is 10.1 Å². The fraction of sp³-hybridized carbons (Fsp3) is 0.222. The number of hydrogen-bond donors (Lipinski definition) is 1. The number of rotatable bonds is 7. The molecule has 0 aliphatic rings. The van der Waals surface area contributed by atoms with Gasteiger partial charge in [0, 0.05) is 24.0 Å². The van der Waals surface area contributed by atoms with Crippen molar-refractivity contribution in [1.82, 2.24) is 5.32 Å². The third-order valence-electron chi connectivity index (χ3n) is 3.44. The lowest BCUT2D eigenvalue weighted by Crippen LogP contribution is -2.36. The molecule has 1 amide bonds. The maximum Gasteiger partial charge on any atom is 0.304 e. The van der Waals surface area contributed by atoms with Crippen LogP contribution in [0.3, 0.4) is 0 Å².